The van der Waals surface area contributed by atoms with Crippen molar-refractivity contribution in [2.45, 2.75) is 110 Å². The van der Waals surface area contributed by atoms with Gasteiger partial charge in [-0.25, -0.2) is 0 Å². The van der Waals surface area contributed by atoms with Gasteiger partial charge >= 0.3 is 0 Å². The van der Waals surface area contributed by atoms with E-state index in [-0.39, 0.29) is 16.4 Å². The first-order valence-electron chi connectivity index (χ1n) is 12.0. The summed E-state index contributed by atoms with van der Waals surface area (Å²) in [5.74, 6) is 1.82. The molecule has 3 aliphatic carbocycles. The number of fused-ring (bicyclic) bond motifs is 3. The summed E-state index contributed by atoms with van der Waals surface area (Å²) in [7, 11) is 0. The highest BCUT2D eigenvalue weighted by Crippen LogP contribution is 2.63. The van der Waals surface area contributed by atoms with E-state index in [9.17, 15) is 4.79 Å². The van der Waals surface area contributed by atoms with Gasteiger partial charge in [0.25, 0.3) is 0 Å². The van der Waals surface area contributed by atoms with Gasteiger partial charge in [0.15, 0.2) is 5.79 Å². The second-order valence-corrected chi connectivity index (χ2v) is 11.9. The van der Waals surface area contributed by atoms with Crippen LogP contribution in [0.3, 0.4) is 0 Å². The molecule has 4 aliphatic rings. The third-order valence-electron chi connectivity index (χ3n) is 9.00. The standard InChI is InChI=1S/C25H42O4/c1-22(2,3)29-21-10-8-18-17-7-9-20(26)23(4,19(17)11-12-24(18,21)5)13-14-25(6)27-15-16-28-25/h17-19,21H,7-16H2,1-6H3/t17?,18?,19?,21-,23+,24-/m1/s1. The lowest BCUT2D eigenvalue weighted by molar-refractivity contribution is -0.170. The van der Waals surface area contributed by atoms with Crippen LogP contribution in [0.5, 0.6) is 0 Å². The fourth-order valence-electron chi connectivity index (χ4n) is 7.36. The molecule has 0 aromatic heterocycles. The minimum Gasteiger partial charge on any atom is -0.372 e. The number of carbonyl (C=O) groups is 1. The van der Waals surface area contributed by atoms with Crippen LogP contribution >= 0.6 is 0 Å². The highest BCUT2D eigenvalue weighted by atomic mass is 16.7. The topological polar surface area (TPSA) is 44.8 Å². The number of hydrogen-bond donors (Lipinski definition) is 0. The van der Waals surface area contributed by atoms with Crippen molar-refractivity contribution in [3.63, 3.8) is 0 Å². The van der Waals surface area contributed by atoms with Crippen molar-refractivity contribution in [1.82, 2.24) is 0 Å². The van der Waals surface area contributed by atoms with Crippen LogP contribution in [0.2, 0.25) is 0 Å². The van der Waals surface area contributed by atoms with Gasteiger partial charge in [0.1, 0.15) is 5.78 Å². The van der Waals surface area contributed by atoms with Crippen LogP contribution < -0.4 is 0 Å². The first kappa shape index (κ1) is 21.8. The van der Waals surface area contributed by atoms with Crippen molar-refractivity contribution < 1.29 is 19.0 Å². The zero-order chi connectivity index (χ0) is 21.1. The third kappa shape index (κ3) is 3.83. The first-order valence-corrected chi connectivity index (χ1v) is 12.0. The van der Waals surface area contributed by atoms with Crippen molar-refractivity contribution in [1.29, 1.82) is 0 Å². The smallest absolute Gasteiger partial charge is 0.165 e. The van der Waals surface area contributed by atoms with E-state index in [4.69, 9.17) is 14.2 Å². The van der Waals surface area contributed by atoms with Crippen molar-refractivity contribution >= 4 is 5.78 Å². The molecule has 0 aromatic rings. The lowest BCUT2D eigenvalue weighted by atomic mass is 9.49. The highest BCUT2D eigenvalue weighted by Gasteiger charge is 2.60. The summed E-state index contributed by atoms with van der Waals surface area (Å²) in [4.78, 5) is 13.2. The Bertz CT molecular complexity index is 631. The molecule has 1 aliphatic heterocycles. The Kier molecular flexibility index (Phi) is 5.49. The number of ketones is 1. The summed E-state index contributed by atoms with van der Waals surface area (Å²) < 4.78 is 18.2. The van der Waals surface area contributed by atoms with E-state index in [1.54, 1.807) is 0 Å². The normalized spacial score (nSPS) is 44.6. The lowest BCUT2D eigenvalue weighted by Gasteiger charge is -2.56. The molecular formula is C25H42O4. The SMILES string of the molecule is CC(C)(C)O[C@@H]1CCC2C3CCC(=O)[C@@](C)(CCC4(C)OCCO4)C3CC[C@]21C. The monoisotopic (exact) mass is 406 g/mol. The number of rotatable bonds is 4. The van der Waals surface area contributed by atoms with Crippen LogP contribution in [0.4, 0.5) is 0 Å². The molecule has 0 aromatic carbocycles. The molecule has 0 spiro atoms. The Balaban J connectivity index is 1.52. The quantitative estimate of drug-likeness (QED) is 0.616. The Morgan fingerprint density at radius 3 is 2.31 bits per heavy atom. The fraction of sp³-hybridized carbons (Fsp3) is 0.960. The molecule has 166 valence electrons. The van der Waals surface area contributed by atoms with Gasteiger partial charge in [-0.3, -0.25) is 4.79 Å². The summed E-state index contributed by atoms with van der Waals surface area (Å²) in [5, 5.41) is 0. The van der Waals surface area contributed by atoms with Gasteiger partial charge in [-0.2, -0.15) is 0 Å². The minimum absolute atomic E-state index is 0.0901. The zero-order valence-electron chi connectivity index (χ0n) is 19.5. The second-order valence-electron chi connectivity index (χ2n) is 11.9. The molecule has 4 heteroatoms. The average molecular weight is 407 g/mol. The Labute approximate surface area is 177 Å². The van der Waals surface area contributed by atoms with Gasteiger partial charge in [-0.1, -0.05) is 13.8 Å². The van der Waals surface area contributed by atoms with Gasteiger partial charge in [-0.05, 0) is 89.4 Å². The second kappa shape index (κ2) is 7.31. The van der Waals surface area contributed by atoms with Gasteiger partial charge in [-0.15, -0.1) is 0 Å². The maximum absolute atomic E-state index is 13.2. The van der Waals surface area contributed by atoms with Crippen molar-refractivity contribution in [3.8, 4) is 0 Å². The molecule has 4 nitrogen and oxygen atoms in total. The van der Waals surface area contributed by atoms with Crippen LogP contribution in [0, 0.1) is 28.6 Å². The average Bonchev–Trinajstić information content (AvgIpc) is 3.20. The maximum atomic E-state index is 13.2. The molecule has 3 saturated carbocycles. The molecule has 29 heavy (non-hydrogen) atoms. The summed E-state index contributed by atoms with van der Waals surface area (Å²) in [5.41, 5.74) is -0.0574. The van der Waals surface area contributed by atoms with E-state index < -0.39 is 5.79 Å². The van der Waals surface area contributed by atoms with Gasteiger partial charge in [0, 0.05) is 18.3 Å². The number of ether oxygens (including phenoxy) is 3. The van der Waals surface area contributed by atoms with Crippen LogP contribution in [0.1, 0.15) is 92.9 Å². The van der Waals surface area contributed by atoms with Crippen LogP contribution in [-0.4, -0.2) is 36.5 Å². The molecule has 1 saturated heterocycles. The predicted octanol–water partition coefficient (Wildman–Crippen LogP) is 5.53. The molecule has 3 unspecified atom stereocenters. The molecule has 0 N–H and O–H groups in total. The van der Waals surface area contributed by atoms with Gasteiger partial charge < -0.3 is 14.2 Å². The predicted molar refractivity (Wildman–Crippen MR) is 114 cm³/mol. The maximum Gasteiger partial charge on any atom is 0.165 e. The van der Waals surface area contributed by atoms with Gasteiger partial charge in [0.05, 0.1) is 24.9 Å². The Morgan fingerprint density at radius 2 is 1.66 bits per heavy atom. The molecule has 4 rings (SSSR count). The largest absolute Gasteiger partial charge is 0.372 e. The lowest BCUT2D eigenvalue weighted by Crippen LogP contribution is -2.54. The van der Waals surface area contributed by atoms with E-state index in [0.717, 1.165) is 32.1 Å². The van der Waals surface area contributed by atoms with Gasteiger partial charge in [0.2, 0.25) is 0 Å². The summed E-state index contributed by atoms with van der Waals surface area (Å²) in [6.07, 6.45) is 8.65. The summed E-state index contributed by atoms with van der Waals surface area (Å²) in [6.45, 7) is 14.7. The molecular weight excluding hydrogens is 364 g/mol. The minimum atomic E-state index is -0.502. The summed E-state index contributed by atoms with van der Waals surface area (Å²) >= 11 is 0. The number of carbonyl (C=O) groups excluding carboxylic acids is 1. The van der Waals surface area contributed by atoms with E-state index >= 15 is 0 Å². The fourth-order valence-corrected chi connectivity index (χ4v) is 7.36. The molecule has 0 amide bonds. The van der Waals surface area contributed by atoms with Crippen molar-refractivity contribution in [2.75, 3.05) is 13.2 Å². The van der Waals surface area contributed by atoms with Crippen LogP contribution in [0.15, 0.2) is 0 Å². The molecule has 0 bridgehead atoms. The highest BCUT2D eigenvalue weighted by molar-refractivity contribution is 5.85. The number of Topliss-reactive ketones (excluding diaryl/α,β-unsaturated/α-hetero) is 1. The summed E-state index contributed by atoms with van der Waals surface area (Å²) in [6, 6.07) is 0. The van der Waals surface area contributed by atoms with Crippen molar-refractivity contribution in [3.05, 3.63) is 0 Å². The molecule has 6 atom stereocenters. The molecule has 4 fully saturated rings. The Morgan fingerprint density at radius 1 is 0.966 bits per heavy atom. The zero-order valence-corrected chi connectivity index (χ0v) is 19.5. The van der Waals surface area contributed by atoms with E-state index in [2.05, 4.69) is 34.6 Å². The van der Waals surface area contributed by atoms with E-state index in [0.29, 0.717) is 42.9 Å². The third-order valence-corrected chi connectivity index (χ3v) is 9.00. The first-order chi connectivity index (χ1) is 13.5. The van der Waals surface area contributed by atoms with Crippen molar-refractivity contribution in [2.24, 2.45) is 28.6 Å². The van der Waals surface area contributed by atoms with Crippen LogP contribution in [0.25, 0.3) is 0 Å². The van der Waals surface area contributed by atoms with Crippen LogP contribution in [-0.2, 0) is 19.0 Å². The number of hydrogen-bond acceptors (Lipinski definition) is 4. The van der Waals surface area contributed by atoms with E-state index in [1.165, 1.54) is 19.3 Å². The Hall–Kier alpha value is -0.450. The molecule has 0 radical (unpaired) electrons. The molecule has 1 heterocycles. The van der Waals surface area contributed by atoms with E-state index in [1.807, 2.05) is 6.92 Å².